The summed E-state index contributed by atoms with van der Waals surface area (Å²) in [6, 6.07) is 5.62. The van der Waals surface area contributed by atoms with Gasteiger partial charge in [0.1, 0.15) is 0 Å². The van der Waals surface area contributed by atoms with E-state index in [1.807, 2.05) is 18.3 Å². The van der Waals surface area contributed by atoms with E-state index in [9.17, 15) is 8.42 Å². The number of nitriles is 1. The molecule has 4 rings (SSSR count). The maximum absolute atomic E-state index is 12.1. The molecule has 0 aliphatic carbocycles. The topological polar surface area (TPSA) is 103 Å². The molecule has 0 radical (unpaired) electrons. The highest BCUT2D eigenvalue weighted by atomic mass is 32.2. The molecule has 1 fully saturated rings. The van der Waals surface area contributed by atoms with Crippen molar-refractivity contribution < 1.29 is 8.42 Å². The lowest BCUT2D eigenvalue weighted by Crippen LogP contribution is -2.30. The van der Waals surface area contributed by atoms with Gasteiger partial charge in [-0.25, -0.2) is 22.7 Å². The first-order valence-electron chi connectivity index (χ1n) is 7.65. The molecule has 1 saturated heterocycles. The van der Waals surface area contributed by atoms with Crippen molar-refractivity contribution in [2.24, 2.45) is 0 Å². The monoisotopic (exact) mass is 341 g/mol. The average Bonchev–Trinajstić information content (AvgIpc) is 3.23. The fourth-order valence-corrected chi connectivity index (χ4v) is 4.54. The van der Waals surface area contributed by atoms with Crippen LogP contribution in [0.25, 0.3) is 21.8 Å². The second kappa shape index (κ2) is 5.54. The van der Waals surface area contributed by atoms with Crippen LogP contribution in [0.4, 0.5) is 0 Å². The van der Waals surface area contributed by atoms with E-state index >= 15 is 0 Å². The number of nitrogens with one attached hydrogen (secondary N) is 1. The van der Waals surface area contributed by atoms with Crippen molar-refractivity contribution in [1.82, 2.24) is 19.3 Å². The lowest BCUT2D eigenvalue weighted by molar-refractivity contribution is 0.475. The van der Waals surface area contributed by atoms with E-state index in [0.717, 1.165) is 28.3 Å². The number of aromatic nitrogens is 3. The fraction of sp³-hybridized carbons (Fsp3) is 0.312. The lowest BCUT2D eigenvalue weighted by Gasteiger charge is -2.16. The van der Waals surface area contributed by atoms with Gasteiger partial charge < -0.3 is 4.98 Å². The van der Waals surface area contributed by atoms with Crippen LogP contribution in [-0.2, 0) is 10.0 Å². The van der Waals surface area contributed by atoms with Crippen LogP contribution >= 0.6 is 0 Å². The van der Waals surface area contributed by atoms with Crippen molar-refractivity contribution in [3.8, 4) is 6.07 Å². The molecule has 1 atom stereocenters. The van der Waals surface area contributed by atoms with E-state index in [1.54, 1.807) is 18.5 Å². The Bertz CT molecular complexity index is 1070. The average molecular weight is 341 g/mol. The predicted molar refractivity (Wildman–Crippen MR) is 89.7 cm³/mol. The number of aromatic amines is 1. The number of rotatable bonds is 3. The molecule has 0 amide bonds. The Hall–Kier alpha value is -2.50. The number of sulfonamides is 1. The van der Waals surface area contributed by atoms with Crippen molar-refractivity contribution >= 4 is 31.8 Å². The number of nitrogens with zero attached hydrogens (tertiary/aromatic N) is 4. The van der Waals surface area contributed by atoms with E-state index < -0.39 is 15.8 Å². The zero-order chi connectivity index (χ0) is 16.7. The second-order valence-electron chi connectivity index (χ2n) is 5.92. The lowest BCUT2D eigenvalue weighted by atomic mass is 9.97. The molecule has 8 heteroatoms. The minimum Gasteiger partial charge on any atom is -0.364 e. The quantitative estimate of drug-likeness (QED) is 0.782. The van der Waals surface area contributed by atoms with Gasteiger partial charge in [-0.15, -0.1) is 0 Å². The van der Waals surface area contributed by atoms with Gasteiger partial charge in [0.15, 0.2) is 11.4 Å². The third kappa shape index (κ3) is 2.33. The standard InChI is InChI=1S/C16H15N5O2S/c17-4-8-24(22,23)21-7-3-12(10-21)15-14-11(1-5-18-15)9-20-16-13(14)2-6-19-16/h1-2,5-6,9,12,18H,3,7-8,10H2. The summed E-state index contributed by atoms with van der Waals surface area (Å²) in [4.78, 5) is 11.9. The van der Waals surface area contributed by atoms with Gasteiger partial charge >= 0.3 is 0 Å². The molecule has 4 heterocycles. The largest absolute Gasteiger partial charge is 0.364 e. The van der Waals surface area contributed by atoms with Gasteiger partial charge in [0.05, 0.1) is 6.07 Å². The van der Waals surface area contributed by atoms with Crippen LogP contribution in [0.3, 0.4) is 0 Å². The molecule has 1 N–H and O–H groups in total. The Morgan fingerprint density at radius 1 is 1.38 bits per heavy atom. The van der Waals surface area contributed by atoms with Gasteiger partial charge in [0.25, 0.3) is 0 Å². The van der Waals surface area contributed by atoms with E-state index in [1.165, 1.54) is 4.31 Å². The van der Waals surface area contributed by atoms with E-state index in [-0.39, 0.29) is 5.92 Å². The van der Waals surface area contributed by atoms with Gasteiger partial charge in [0.2, 0.25) is 10.0 Å². The molecule has 0 spiro atoms. The third-order valence-electron chi connectivity index (χ3n) is 4.53. The molecule has 3 aromatic rings. The maximum Gasteiger partial charge on any atom is 0.227 e. The summed E-state index contributed by atoms with van der Waals surface area (Å²) in [6.07, 6.45) is 6.10. The van der Waals surface area contributed by atoms with Crippen molar-refractivity contribution in [3.63, 3.8) is 0 Å². The van der Waals surface area contributed by atoms with Gasteiger partial charge in [-0.3, -0.25) is 0 Å². The number of H-pyrrole nitrogens is 1. The smallest absolute Gasteiger partial charge is 0.227 e. The SMILES string of the molecule is N#CCS(=O)(=O)N1CCC(c2[nH]ccc3cnc4nccc4c23)C1. The molecule has 1 aliphatic rings. The zero-order valence-electron chi connectivity index (χ0n) is 12.8. The third-order valence-corrected chi connectivity index (χ3v) is 6.15. The van der Waals surface area contributed by atoms with Crippen molar-refractivity contribution in [3.05, 3.63) is 36.4 Å². The van der Waals surface area contributed by atoms with Crippen molar-refractivity contribution in [1.29, 1.82) is 5.26 Å². The summed E-state index contributed by atoms with van der Waals surface area (Å²) in [5.41, 5.74) is 1.69. The predicted octanol–water partition coefficient (Wildman–Crippen LogP) is 1.75. The van der Waals surface area contributed by atoms with Gasteiger partial charge in [-0.2, -0.15) is 5.26 Å². The molecule has 122 valence electrons. The van der Waals surface area contributed by atoms with Crippen LogP contribution in [0.1, 0.15) is 18.0 Å². The minimum absolute atomic E-state index is 0.0580. The first-order valence-corrected chi connectivity index (χ1v) is 9.26. The van der Waals surface area contributed by atoms with Gasteiger partial charge in [-0.05, 0) is 18.6 Å². The normalized spacial score (nSPS) is 19.0. The van der Waals surface area contributed by atoms with Gasteiger partial charge in [-0.1, -0.05) is 0 Å². The number of hydrogen-bond donors (Lipinski definition) is 1. The molecule has 0 saturated carbocycles. The maximum atomic E-state index is 12.1. The first kappa shape index (κ1) is 15.1. The number of fused-ring (bicyclic) bond motifs is 3. The Morgan fingerprint density at radius 3 is 3.08 bits per heavy atom. The van der Waals surface area contributed by atoms with Crippen molar-refractivity contribution in [2.75, 3.05) is 18.8 Å². The summed E-state index contributed by atoms with van der Waals surface area (Å²) in [7, 11) is -3.50. The molecular formula is C16H15N5O2S. The van der Waals surface area contributed by atoms with Crippen molar-refractivity contribution in [2.45, 2.75) is 12.3 Å². The zero-order valence-corrected chi connectivity index (χ0v) is 13.6. The number of hydrogen-bond acceptors (Lipinski definition) is 5. The fourth-order valence-electron chi connectivity index (χ4n) is 3.41. The second-order valence-corrected chi connectivity index (χ2v) is 7.89. The molecule has 1 unspecified atom stereocenters. The molecular weight excluding hydrogens is 326 g/mol. The molecule has 0 aromatic carbocycles. The minimum atomic E-state index is -3.50. The highest BCUT2D eigenvalue weighted by molar-refractivity contribution is 7.89. The molecule has 3 aromatic heterocycles. The van der Waals surface area contributed by atoms with Crippen LogP contribution in [0, 0.1) is 11.3 Å². The summed E-state index contributed by atoms with van der Waals surface area (Å²) in [5.74, 6) is -0.414. The summed E-state index contributed by atoms with van der Waals surface area (Å²) in [6.45, 7) is 0.823. The molecule has 7 nitrogen and oxygen atoms in total. The molecule has 24 heavy (non-hydrogen) atoms. The first-order chi connectivity index (χ1) is 11.6. The van der Waals surface area contributed by atoms with Crippen LogP contribution < -0.4 is 0 Å². The highest BCUT2D eigenvalue weighted by Crippen LogP contribution is 2.34. The Kier molecular flexibility index (Phi) is 3.48. The Morgan fingerprint density at radius 2 is 2.25 bits per heavy atom. The Labute approximate surface area is 139 Å². The van der Waals surface area contributed by atoms with E-state index in [2.05, 4.69) is 15.0 Å². The van der Waals surface area contributed by atoms with Crippen LogP contribution in [0.5, 0.6) is 0 Å². The molecule has 1 aliphatic heterocycles. The summed E-state index contributed by atoms with van der Waals surface area (Å²) < 4.78 is 25.6. The number of pyridine rings is 2. The van der Waals surface area contributed by atoms with E-state index in [4.69, 9.17) is 5.26 Å². The highest BCUT2D eigenvalue weighted by Gasteiger charge is 2.33. The van der Waals surface area contributed by atoms with Gasteiger partial charge in [0, 0.05) is 59.5 Å². The summed E-state index contributed by atoms with van der Waals surface area (Å²) >= 11 is 0. The van der Waals surface area contributed by atoms with Crippen LogP contribution in [0.15, 0.2) is 30.7 Å². The van der Waals surface area contributed by atoms with Crippen LogP contribution in [0.2, 0.25) is 0 Å². The summed E-state index contributed by atoms with van der Waals surface area (Å²) in [5, 5.41) is 11.7. The molecule has 0 bridgehead atoms. The Balaban J connectivity index is 1.78. The van der Waals surface area contributed by atoms with Crippen LogP contribution in [-0.4, -0.2) is 46.5 Å². The van der Waals surface area contributed by atoms with E-state index in [0.29, 0.717) is 18.7 Å².